The zero-order valence-electron chi connectivity index (χ0n) is 26.3. The summed E-state index contributed by atoms with van der Waals surface area (Å²) in [4.78, 5) is 30.0. The molecule has 2 amide bonds. The van der Waals surface area contributed by atoms with Gasteiger partial charge in [-0.05, 0) is 81.1 Å². The molecule has 0 saturated heterocycles. The molecule has 0 unspecified atom stereocenters. The third-order valence-electron chi connectivity index (χ3n) is 7.63. The van der Waals surface area contributed by atoms with Crippen LogP contribution in [0, 0.1) is 20.8 Å². The molecular weight excluding hydrogens is 606 g/mol. The second kappa shape index (κ2) is 14.8. The van der Waals surface area contributed by atoms with Gasteiger partial charge in [-0.3, -0.25) is 13.9 Å². The van der Waals surface area contributed by atoms with Gasteiger partial charge < -0.3 is 10.2 Å². The number of amides is 2. The number of nitrogens with zero attached hydrogens (tertiary/aromatic N) is 2. The SMILES string of the molecule is Cc1ccc(S(=O)(=O)N(CC(=O)N(Cc2ccccc2C)[C@@H](Cc2ccccc2)C(=O)NC(C)C)c2cc(Cl)ccc2C)cc1. The highest BCUT2D eigenvalue weighted by Crippen LogP contribution is 2.30. The molecule has 0 aromatic heterocycles. The van der Waals surface area contributed by atoms with E-state index in [9.17, 15) is 18.0 Å². The van der Waals surface area contributed by atoms with E-state index < -0.39 is 28.5 Å². The van der Waals surface area contributed by atoms with Gasteiger partial charge in [0.1, 0.15) is 12.6 Å². The predicted molar refractivity (Wildman–Crippen MR) is 181 cm³/mol. The standard InChI is InChI=1S/C36H40ClN3O4S/c1-25(2)38-36(42)34(21-29-12-7-6-8-13-29)39(23-30-14-10-9-11-27(30)4)35(41)24-40(33-22-31(37)18-17-28(33)5)45(43,44)32-19-15-26(3)16-20-32/h6-20,22,25,34H,21,23-24H2,1-5H3,(H,38,42)/t34-/m0/s1. The summed E-state index contributed by atoms with van der Waals surface area (Å²) in [7, 11) is -4.22. The van der Waals surface area contributed by atoms with E-state index in [2.05, 4.69) is 5.32 Å². The van der Waals surface area contributed by atoms with Gasteiger partial charge in [0, 0.05) is 24.0 Å². The maximum absolute atomic E-state index is 14.6. The molecule has 7 nitrogen and oxygen atoms in total. The van der Waals surface area contributed by atoms with Gasteiger partial charge >= 0.3 is 0 Å². The fraction of sp³-hybridized carbons (Fsp3) is 0.278. The highest BCUT2D eigenvalue weighted by Gasteiger charge is 2.35. The number of aryl methyl sites for hydroxylation is 3. The third-order valence-corrected chi connectivity index (χ3v) is 9.64. The van der Waals surface area contributed by atoms with Crippen molar-refractivity contribution in [3.05, 3.63) is 130 Å². The number of carbonyl (C=O) groups is 2. The number of halogens is 1. The Balaban J connectivity index is 1.84. The fourth-order valence-corrected chi connectivity index (χ4v) is 6.74. The van der Waals surface area contributed by atoms with E-state index in [1.807, 2.05) is 82.3 Å². The van der Waals surface area contributed by atoms with Gasteiger partial charge in [-0.2, -0.15) is 0 Å². The van der Waals surface area contributed by atoms with Gasteiger partial charge in [0.25, 0.3) is 10.0 Å². The number of nitrogens with one attached hydrogen (secondary N) is 1. The normalized spacial score (nSPS) is 12.1. The lowest BCUT2D eigenvalue weighted by Crippen LogP contribution is -2.54. The van der Waals surface area contributed by atoms with E-state index in [-0.39, 0.29) is 29.8 Å². The lowest BCUT2D eigenvalue weighted by molar-refractivity contribution is -0.140. The maximum atomic E-state index is 14.6. The molecule has 0 fully saturated rings. The smallest absolute Gasteiger partial charge is 0.264 e. The number of hydrogen-bond acceptors (Lipinski definition) is 4. The van der Waals surface area contributed by atoms with Crippen LogP contribution in [-0.2, 0) is 32.6 Å². The van der Waals surface area contributed by atoms with Crippen LogP contribution in [0.25, 0.3) is 0 Å². The van der Waals surface area contributed by atoms with Crippen LogP contribution in [0.5, 0.6) is 0 Å². The second-order valence-electron chi connectivity index (χ2n) is 11.6. The zero-order valence-corrected chi connectivity index (χ0v) is 27.9. The molecule has 236 valence electrons. The van der Waals surface area contributed by atoms with Gasteiger partial charge in [-0.1, -0.05) is 90.0 Å². The summed E-state index contributed by atoms with van der Waals surface area (Å²) in [5, 5.41) is 3.32. The fourth-order valence-electron chi connectivity index (χ4n) is 5.11. The van der Waals surface area contributed by atoms with Gasteiger partial charge in [0.15, 0.2) is 0 Å². The molecule has 0 aliphatic rings. The Hall–Kier alpha value is -4.14. The lowest BCUT2D eigenvalue weighted by Gasteiger charge is -2.34. The molecule has 0 spiro atoms. The van der Waals surface area contributed by atoms with Crippen molar-refractivity contribution in [2.75, 3.05) is 10.8 Å². The van der Waals surface area contributed by atoms with Crippen LogP contribution in [0.1, 0.15) is 41.7 Å². The van der Waals surface area contributed by atoms with Crippen LogP contribution in [0.15, 0.2) is 102 Å². The van der Waals surface area contributed by atoms with Crippen molar-refractivity contribution >= 4 is 39.1 Å². The molecule has 45 heavy (non-hydrogen) atoms. The molecule has 4 aromatic rings. The highest BCUT2D eigenvalue weighted by molar-refractivity contribution is 7.92. The van der Waals surface area contributed by atoms with Crippen LogP contribution in [-0.4, -0.2) is 43.8 Å². The zero-order chi connectivity index (χ0) is 32.7. The molecule has 0 radical (unpaired) electrons. The van der Waals surface area contributed by atoms with Crippen LogP contribution >= 0.6 is 11.6 Å². The average molecular weight is 646 g/mol. The first-order valence-electron chi connectivity index (χ1n) is 14.9. The van der Waals surface area contributed by atoms with Crippen molar-refractivity contribution in [3.63, 3.8) is 0 Å². The molecule has 0 aliphatic heterocycles. The Bertz CT molecular complexity index is 1740. The van der Waals surface area contributed by atoms with Gasteiger partial charge in [0.2, 0.25) is 11.8 Å². The number of hydrogen-bond donors (Lipinski definition) is 1. The first-order valence-corrected chi connectivity index (χ1v) is 16.7. The quantitative estimate of drug-likeness (QED) is 0.188. The van der Waals surface area contributed by atoms with Crippen LogP contribution < -0.4 is 9.62 Å². The van der Waals surface area contributed by atoms with E-state index in [0.717, 1.165) is 26.6 Å². The summed E-state index contributed by atoms with van der Waals surface area (Å²) in [6.45, 7) is 8.89. The Morgan fingerprint density at radius 3 is 2.11 bits per heavy atom. The van der Waals surface area contributed by atoms with Crippen LogP contribution in [0.4, 0.5) is 5.69 Å². The first-order chi connectivity index (χ1) is 21.4. The monoisotopic (exact) mass is 645 g/mol. The first kappa shape index (κ1) is 33.7. The molecule has 0 saturated carbocycles. The minimum absolute atomic E-state index is 0.0455. The Morgan fingerprint density at radius 1 is 0.822 bits per heavy atom. The number of carbonyl (C=O) groups excluding carboxylic acids is 2. The molecule has 4 rings (SSSR count). The van der Waals surface area contributed by atoms with Crippen molar-refractivity contribution in [1.29, 1.82) is 0 Å². The summed E-state index contributed by atoms with van der Waals surface area (Å²) in [6, 6.07) is 27.5. The van der Waals surface area contributed by atoms with E-state index in [1.165, 1.54) is 17.0 Å². The third kappa shape index (κ3) is 8.53. The maximum Gasteiger partial charge on any atom is 0.264 e. The van der Waals surface area contributed by atoms with E-state index in [1.54, 1.807) is 37.3 Å². The van der Waals surface area contributed by atoms with Crippen molar-refractivity contribution in [2.24, 2.45) is 0 Å². The number of sulfonamides is 1. The molecule has 9 heteroatoms. The van der Waals surface area contributed by atoms with Crippen molar-refractivity contribution < 1.29 is 18.0 Å². The summed E-state index contributed by atoms with van der Waals surface area (Å²) in [6.07, 6.45) is 0.248. The Kier molecular flexibility index (Phi) is 11.1. The van der Waals surface area contributed by atoms with Crippen LogP contribution in [0.3, 0.4) is 0 Å². The predicted octanol–water partition coefficient (Wildman–Crippen LogP) is 6.63. The van der Waals surface area contributed by atoms with Crippen molar-refractivity contribution in [3.8, 4) is 0 Å². The van der Waals surface area contributed by atoms with E-state index >= 15 is 0 Å². The second-order valence-corrected chi connectivity index (χ2v) is 13.9. The summed E-state index contributed by atoms with van der Waals surface area (Å²) >= 11 is 6.36. The van der Waals surface area contributed by atoms with Crippen LogP contribution in [0.2, 0.25) is 5.02 Å². The summed E-state index contributed by atoms with van der Waals surface area (Å²) in [5.74, 6) is -0.837. The molecule has 0 bridgehead atoms. The summed E-state index contributed by atoms with van der Waals surface area (Å²) in [5.41, 5.74) is 4.50. The van der Waals surface area contributed by atoms with Crippen molar-refractivity contribution in [2.45, 2.75) is 64.6 Å². The largest absolute Gasteiger partial charge is 0.352 e. The van der Waals surface area contributed by atoms with E-state index in [4.69, 9.17) is 11.6 Å². The van der Waals surface area contributed by atoms with Gasteiger partial charge in [-0.15, -0.1) is 0 Å². The minimum atomic E-state index is -4.22. The average Bonchev–Trinajstić information content (AvgIpc) is 3.00. The Labute approximate surface area is 271 Å². The van der Waals surface area contributed by atoms with Gasteiger partial charge in [0.05, 0.1) is 10.6 Å². The highest BCUT2D eigenvalue weighted by atomic mass is 35.5. The molecule has 1 N–H and O–H groups in total. The molecule has 4 aromatic carbocycles. The number of rotatable bonds is 12. The van der Waals surface area contributed by atoms with Gasteiger partial charge in [-0.25, -0.2) is 8.42 Å². The van der Waals surface area contributed by atoms with E-state index in [0.29, 0.717) is 16.3 Å². The number of anilines is 1. The van der Waals surface area contributed by atoms with Crippen molar-refractivity contribution in [1.82, 2.24) is 10.2 Å². The lowest BCUT2D eigenvalue weighted by atomic mass is 10.0. The molecule has 0 aliphatic carbocycles. The minimum Gasteiger partial charge on any atom is -0.352 e. The molecular formula is C36H40ClN3O4S. The topological polar surface area (TPSA) is 86.8 Å². The molecule has 0 heterocycles. The molecule has 1 atom stereocenters. The Morgan fingerprint density at radius 2 is 1.47 bits per heavy atom. The number of benzene rings is 4. The summed E-state index contributed by atoms with van der Waals surface area (Å²) < 4.78 is 29.6.